The highest BCUT2D eigenvalue weighted by atomic mass is 16.5. The van der Waals surface area contributed by atoms with Crippen molar-refractivity contribution in [1.29, 1.82) is 0 Å². The summed E-state index contributed by atoms with van der Waals surface area (Å²) >= 11 is 0. The topological polar surface area (TPSA) is 46.5 Å². The van der Waals surface area contributed by atoms with Crippen LogP contribution in [-0.2, 0) is 9.53 Å². The molecule has 0 amide bonds. The minimum Gasteiger partial charge on any atom is -0.481 e. The van der Waals surface area contributed by atoms with Crippen molar-refractivity contribution >= 4 is 5.97 Å². The Morgan fingerprint density at radius 1 is 1.70 bits per heavy atom. The Balaban J connectivity index is 2.34. The first-order valence-corrected chi connectivity index (χ1v) is 3.53. The zero-order valence-corrected chi connectivity index (χ0v) is 6.20. The maximum absolute atomic E-state index is 10.4. The summed E-state index contributed by atoms with van der Waals surface area (Å²) in [4.78, 5) is 10.4. The van der Waals surface area contributed by atoms with Gasteiger partial charge in [-0.1, -0.05) is 6.92 Å². The summed E-state index contributed by atoms with van der Waals surface area (Å²) in [7, 11) is 0. The maximum Gasteiger partial charge on any atom is 0.309 e. The van der Waals surface area contributed by atoms with Crippen molar-refractivity contribution in [2.45, 2.75) is 20.0 Å². The molecule has 1 N–H and O–H groups in total. The van der Waals surface area contributed by atoms with Gasteiger partial charge in [0.05, 0.1) is 12.0 Å². The zero-order chi connectivity index (χ0) is 7.72. The molecule has 0 unspecified atom stereocenters. The van der Waals surface area contributed by atoms with Crippen molar-refractivity contribution in [1.82, 2.24) is 0 Å². The lowest BCUT2D eigenvalue weighted by Crippen LogP contribution is -2.04. The molecule has 3 nitrogen and oxygen atoms in total. The van der Waals surface area contributed by atoms with Gasteiger partial charge in [-0.15, -0.1) is 0 Å². The Labute approximate surface area is 60.0 Å². The summed E-state index contributed by atoms with van der Waals surface area (Å²) in [5.41, 5.74) is 0. The van der Waals surface area contributed by atoms with E-state index in [1.54, 1.807) is 0 Å². The van der Waals surface area contributed by atoms with E-state index in [0.717, 1.165) is 0 Å². The first-order chi connectivity index (χ1) is 4.68. The number of rotatable bonds is 3. The summed E-state index contributed by atoms with van der Waals surface area (Å²) in [6.07, 6.45) is -0.0255. The molecule has 0 heterocycles. The van der Waals surface area contributed by atoms with E-state index in [0.29, 0.717) is 6.61 Å². The quantitative estimate of drug-likeness (QED) is 0.635. The van der Waals surface area contributed by atoms with Crippen LogP contribution >= 0.6 is 0 Å². The largest absolute Gasteiger partial charge is 0.481 e. The van der Waals surface area contributed by atoms with Gasteiger partial charge in [0.15, 0.2) is 0 Å². The molecule has 0 aliphatic heterocycles. The van der Waals surface area contributed by atoms with E-state index in [9.17, 15) is 4.79 Å². The third-order valence-corrected chi connectivity index (χ3v) is 1.94. The van der Waals surface area contributed by atoms with E-state index in [-0.39, 0.29) is 17.9 Å². The molecular formula is C7H12O3. The molecule has 0 aromatic heterocycles. The molecule has 1 aliphatic rings. The van der Waals surface area contributed by atoms with Gasteiger partial charge >= 0.3 is 5.97 Å². The van der Waals surface area contributed by atoms with Crippen molar-refractivity contribution in [2.24, 2.45) is 11.8 Å². The molecule has 3 heteroatoms. The Hall–Kier alpha value is -0.570. The van der Waals surface area contributed by atoms with E-state index in [2.05, 4.69) is 0 Å². The first-order valence-electron chi connectivity index (χ1n) is 3.53. The molecule has 0 aromatic carbocycles. The van der Waals surface area contributed by atoms with E-state index >= 15 is 0 Å². The Morgan fingerprint density at radius 2 is 2.30 bits per heavy atom. The van der Waals surface area contributed by atoms with Gasteiger partial charge in [0, 0.05) is 6.61 Å². The lowest BCUT2D eigenvalue weighted by Gasteiger charge is -1.94. The fourth-order valence-electron chi connectivity index (χ4n) is 1.24. The molecule has 1 aliphatic carbocycles. The van der Waals surface area contributed by atoms with Crippen LogP contribution in [0.2, 0.25) is 0 Å². The number of carboxylic acid groups (broad SMARTS) is 1. The molecule has 10 heavy (non-hydrogen) atoms. The van der Waals surface area contributed by atoms with Gasteiger partial charge < -0.3 is 9.84 Å². The van der Waals surface area contributed by atoms with E-state index in [4.69, 9.17) is 9.84 Å². The standard InChI is InChI=1S/C7H12O3/c1-3-10-6-4(2)5(6)7(8)9/h4-6H,3H2,1-2H3,(H,8,9)/t4-,5+,6+/m1/s1. The van der Waals surface area contributed by atoms with Crippen molar-refractivity contribution in [3.63, 3.8) is 0 Å². The fourth-order valence-corrected chi connectivity index (χ4v) is 1.24. The molecule has 1 fully saturated rings. The molecule has 0 aromatic rings. The third-order valence-electron chi connectivity index (χ3n) is 1.94. The molecule has 0 saturated heterocycles. The van der Waals surface area contributed by atoms with E-state index < -0.39 is 5.97 Å². The van der Waals surface area contributed by atoms with Crippen LogP contribution in [0.1, 0.15) is 13.8 Å². The van der Waals surface area contributed by atoms with Gasteiger partial charge in [-0.2, -0.15) is 0 Å². The summed E-state index contributed by atoms with van der Waals surface area (Å²) < 4.78 is 5.16. The van der Waals surface area contributed by atoms with Crippen molar-refractivity contribution < 1.29 is 14.6 Å². The predicted octanol–water partition coefficient (Wildman–Crippen LogP) is 0.742. The summed E-state index contributed by atoms with van der Waals surface area (Å²) in [5, 5.41) is 8.54. The molecule has 1 saturated carbocycles. The number of hydrogen-bond donors (Lipinski definition) is 1. The second-order valence-electron chi connectivity index (χ2n) is 2.64. The third kappa shape index (κ3) is 1.14. The van der Waals surface area contributed by atoms with Crippen molar-refractivity contribution in [3.8, 4) is 0 Å². The Bertz CT molecular complexity index is 144. The first kappa shape index (κ1) is 7.54. The summed E-state index contributed by atoms with van der Waals surface area (Å²) in [5.74, 6) is -0.775. The van der Waals surface area contributed by atoms with Crippen LogP contribution in [0.15, 0.2) is 0 Å². The van der Waals surface area contributed by atoms with Gasteiger partial charge in [0.1, 0.15) is 0 Å². The Morgan fingerprint density at radius 3 is 2.60 bits per heavy atom. The van der Waals surface area contributed by atoms with Crippen LogP contribution in [0.3, 0.4) is 0 Å². The fraction of sp³-hybridized carbons (Fsp3) is 0.857. The minimum atomic E-state index is -0.731. The Kier molecular flexibility index (Phi) is 1.94. The van der Waals surface area contributed by atoms with Gasteiger partial charge in [-0.25, -0.2) is 0 Å². The molecule has 0 bridgehead atoms. The zero-order valence-electron chi connectivity index (χ0n) is 6.20. The number of aliphatic carboxylic acids is 1. The highest BCUT2D eigenvalue weighted by molar-refractivity contribution is 5.74. The van der Waals surface area contributed by atoms with Gasteiger partial charge in [0.25, 0.3) is 0 Å². The highest BCUT2D eigenvalue weighted by Crippen LogP contribution is 2.41. The number of carbonyl (C=O) groups is 1. The molecule has 0 spiro atoms. The number of carboxylic acids is 1. The van der Waals surface area contributed by atoms with Crippen molar-refractivity contribution in [2.75, 3.05) is 6.61 Å². The highest BCUT2D eigenvalue weighted by Gasteiger charge is 2.52. The van der Waals surface area contributed by atoms with Crippen LogP contribution in [0.5, 0.6) is 0 Å². The monoisotopic (exact) mass is 144 g/mol. The van der Waals surface area contributed by atoms with Crippen LogP contribution in [0.4, 0.5) is 0 Å². The van der Waals surface area contributed by atoms with E-state index in [1.807, 2.05) is 13.8 Å². The smallest absolute Gasteiger partial charge is 0.309 e. The lowest BCUT2D eigenvalue weighted by molar-refractivity contribution is -0.139. The number of ether oxygens (including phenoxy) is 1. The molecular weight excluding hydrogens is 132 g/mol. The van der Waals surface area contributed by atoms with Gasteiger partial charge in [0.2, 0.25) is 0 Å². The average molecular weight is 144 g/mol. The van der Waals surface area contributed by atoms with Crippen LogP contribution in [-0.4, -0.2) is 23.8 Å². The summed E-state index contributed by atoms with van der Waals surface area (Å²) in [6, 6.07) is 0. The molecule has 3 atom stereocenters. The maximum atomic E-state index is 10.4. The van der Waals surface area contributed by atoms with Gasteiger partial charge in [-0.3, -0.25) is 4.79 Å². The predicted molar refractivity (Wildman–Crippen MR) is 35.7 cm³/mol. The summed E-state index contributed by atoms with van der Waals surface area (Å²) in [6.45, 7) is 4.39. The SMILES string of the molecule is CCO[C@H]1[C@H](C)[C@@H]1C(=O)O. The van der Waals surface area contributed by atoms with Gasteiger partial charge in [-0.05, 0) is 12.8 Å². The van der Waals surface area contributed by atoms with Crippen LogP contribution in [0, 0.1) is 11.8 Å². The molecule has 0 radical (unpaired) electrons. The van der Waals surface area contributed by atoms with Crippen LogP contribution in [0.25, 0.3) is 0 Å². The number of hydrogen-bond acceptors (Lipinski definition) is 2. The van der Waals surface area contributed by atoms with E-state index in [1.165, 1.54) is 0 Å². The lowest BCUT2D eigenvalue weighted by atomic mass is 10.3. The van der Waals surface area contributed by atoms with Crippen molar-refractivity contribution in [3.05, 3.63) is 0 Å². The van der Waals surface area contributed by atoms with Crippen LogP contribution < -0.4 is 0 Å². The molecule has 1 rings (SSSR count). The normalized spacial score (nSPS) is 37.6. The second-order valence-corrected chi connectivity index (χ2v) is 2.64. The second kappa shape index (κ2) is 2.58. The minimum absolute atomic E-state index is 0.0255. The average Bonchev–Trinajstić information content (AvgIpc) is 2.43. The molecule has 58 valence electrons.